The van der Waals surface area contributed by atoms with E-state index in [9.17, 15) is 4.79 Å². The van der Waals surface area contributed by atoms with Crippen LogP contribution in [-0.4, -0.2) is 20.4 Å². The second-order valence-electron chi connectivity index (χ2n) is 5.24. The summed E-state index contributed by atoms with van der Waals surface area (Å²) in [6.07, 6.45) is 0.906. The number of fused-ring (bicyclic) bond motifs is 1. The monoisotopic (exact) mass is 267 g/mol. The van der Waals surface area contributed by atoms with Gasteiger partial charge in [-0.05, 0) is 23.3 Å². The predicted molar refractivity (Wildman–Crippen MR) is 78.8 cm³/mol. The summed E-state index contributed by atoms with van der Waals surface area (Å²) in [6, 6.07) is 15.8. The van der Waals surface area contributed by atoms with E-state index in [-0.39, 0.29) is 0 Å². The first-order chi connectivity index (χ1) is 9.67. The van der Waals surface area contributed by atoms with Crippen molar-refractivity contribution in [2.75, 3.05) is 19.0 Å². The molecule has 3 rings (SSSR count). The topological polar surface area (TPSA) is 29.5 Å². The minimum atomic E-state index is -0.957. The Labute approximate surface area is 118 Å². The fourth-order valence-electron chi connectivity index (χ4n) is 2.69. The van der Waals surface area contributed by atoms with Crippen LogP contribution in [0.5, 0.6) is 0 Å². The summed E-state index contributed by atoms with van der Waals surface area (Å²) < 4.78 is 5.86. The lowest BCUT2D eigenvalue weighted by molar-refractivity contribution is -0.125. The molecule has 0 bridgehead atoms. The van der Waals surface area contributed by atoms with Crippen molar-refractivity contribution in [2.24, 2.45) is 0 Å². The van der Waals surface area contributed by atoms with Gasteiger partial charge in [-0.15, -0.1) is 0 Å². The van der Waals surface area contributed by atoms with Crippen molar-refractivity contribution >= 4 is 12.0 Å². The highest BCUT2D eigenvalue weighted by Gasteiger charge is 2.41. The van der Waals surface area contributed by atoms with E-state index in [4.69, 9.17) is 4.74 Å². The van der Waals surface area contributed by atoms with Gasteiger partial charge >= 0.3 is 0 Å². The van der Waals surface area contributed by atoms with Crippen molar-refractivity contribution in [1.82, 2.24) is 0 Å². The molecule has 20 heavy (non-hydrogen) atoms. The third-order valence-electron chi connectivity index (χ3n) is 3.85. The van der Waals surface area contributed by atoms with Crippen LogP contribution < -0.4 is 4.90 Å². The van der Waals surface area contributed by atoms with Gasteiger partial charge in [0.2, 0.25) is 0 Å². The molecule has 1 atom stereocenters. The standard InChI is InChI=1S/C17H17NO2/c1-18(2)15-9-7-14(8-10-15)17(12-19)16-6-4-3-5-13(16)11-20-17/h3-10,12H,11H2,1-2H3. The van der Waals surface area contributed by atoms with Gasteiger partial charge in [0, 0.05) is 25.3 Å². The third kappa shape index (κ3) is 1.82. The normalized spacial score (nSPS) is 20.5. The molecule has 0 spiro atoms. The van der Waals surface area contributed by atoms with Crippen LogP contribution in [0.3, 0.4) is 0 Å². The van der Waals surface area contributed by atoms with Crippen molar-refractivity contribution in [3.63, 3.8) is 0 Å². The second-order valence-corrected chi connectivity index (χ2v) is 5.24. The van der Waals surface area contributed by atoms with Crippen LogP contribution in [0.4, 0.5) is 5.69 Å². The quantitative estimate of drug-likeness (QED) is 0.801. The Morgan fingerprint density at radius 2 is 1.80 bits per heavy atom. The van der Waals surface area contributed by atoms with Gasteiger partial charge in [-0.3, -0.25) is 4.79 Å². The molecule has 3 heteroatoms. The predicted octanol–water partition coefficient (Wildman–Crippen LogP) is 2.73. The molecule has 0 fully saturated rings. The van der Waals surface area contributed by atoms with Crippen LogP contribution in [0.2, 0.25) is 0 Å². The Bertz CT molecular complexity index is 634. The Balaban J connectivity index is 2.09. The average Bonchev–Trinajstić information content (AvgIpc) is 2.87. The molecule has 1 heterocycles. The van der Waals surface area contributed by atoms with Gasteiger partial charge in [-0.1, -0.05) is 36.4 Å². The van der Waals surface area contributed by atoms with Gasteiger partial charge in [0.25, 0.3) is 0 Å². The number of anilines is 1. The number of benzene rings is 2. The number of carbonyl (C=O) groups excluding carboxylic acids is 1. The SMILES string of the molecule is CN(C)c1ccc(C2(C=O)OCc3ccccc32)cc1. The highest BCUT2D eigenvalue weighted by molar-refractivity contribution is 5.75. The maximum absolute atomic E-state index is 11.8. The summed E-state index contributed by atoms with van der Waals surface area (Å²) in [7, 11) is 3.98. The van der Waals surface area contributed by atoms with Gasteiger partial charge in [-0.25, -0.2) is 0 Å². The Morgan fingerprint density at radius 3 is 2.45 bits per heavy atom. The number of rotatable bonds is 3. The number of hydrogen-bond donors (Lipinski definition) is 0. The first kappa shape index (κ1) is 12.9. The summed E-state index contributed by atoms with van der Waals surface area (Å²) in [4.78, 5) is 13.8. The van der Waals surface area contributed by atoms with Crippen LogP contribution in [0, 0.1) is 0 Å². The van der Waals surface area contributed by atoms with E-state index < -0.39 is 5.60 Å². The summed E-state index contributed by atoms with van der Waals surface area (Å²) in [5.41, 5.74) is 3.05. The lowest BCUT2D eigenvalue weighted by Gasteiger charge is -2.24. The molecule has 0 radical (unpaired) electrons. The number of hydrogen-bond acceptors (Lipinski definition) is 3. The molecule has 0 aromatic heterocycles. The van der Waals surface area contributed by atoms with Crippen molar-refractivity contribution in [2.45, 2.75) is 12.2 Å². The van der Waals surface area contributed by atoms with Gasteiger partial charge in [-0.2, -0.15) is 0 Å². The van der Waals surface area contributed by atoms with Gasteiger partial charge in [0.05, 0.1) is 6.61 Å². The zero-order chi connectivity index (χ0) is 14.2. The summed E-state index contributed by atoms with van der Waals surface area (Å²) in [5, 5.41) is 0. The maximum atomic E-state index is 11.8. The molecule has 1 unspecified atom stereocenters. The largest absolute Gasteiger partial charge is 0.378 e. The molecule has 0 amide bonds. The van der Waals surface area contributed by atoms with Crippen molar-refractivity contribution < 1.29 is 9.53 Å². The van der Waals surface area contributed by atoms with Crippen LogP contribution in [0.1, 0.15) is 16.7 Å². The van der Waals surface area contributed by atoms with Crippen LogP contribution >= 0.6 is 0 Å². The zero-order valence-corrected chi connectivity index (χ0v) is 11.7. The summed E-state index contributed by atoms with van der Waals surface area (Å²) in [5.74, 6) is 0. The van der Waals surface area contributed by atoms with Crippen molar-refractivity contribution in [3.05, 3.63) is 65.2 Å². The molecule has 2 aromatic rings. The molecule has 1 aliphatic rings. The van der Waals surface area contributed by atoms with Crippen molar-refractivity contribution in [1.29, 1.82) is 0 Å². The zero-order valence-electron chi connectivity index (χ0n) is 11.7. The fraction of sp³-hybridized carbons (Fsp3) is 0.235. The molecule has 1 aliphatic heterocycles. The van der Waals surface area contributed by atoms with E-state index in [0.717, 1.165) is 28.7 Å². The summed E-state index contributed by atoms with van der Waals surface area (Å²) >= 11 is 0. The summed E-state index contributed by atoms with van der Waals surface area (Å²) in [6.45, 7) is 0.477. The van der Waals surface area contributed by atoms with Gasteiger partial charge < -0.3 is 9.64 Å². The fourth-order valence-corrected chi connectivity index (χ4v) is 2.69. The lowest BCUT2D eigenvalue weighted by atomic mass is 9.87. The number of carbonyl (C=O) groups is 1. The minimum Gasteiger partial charge on any atom is -0.378 e. The van der Waals surface area contributed by atoms with E-state index in [1.807, 2.05) is 67.5 Å². The third-order valence-corrected chi connectivity index (χ3v) is 3.85. The van der Waals surface area contributed by atoms with E-state index in [1.165, 1.54) is 0 Å². The molecule has 2 aromatic carbocycles. The lowest BCUT2D eigenvalue weighted by Crippen LogP contribution is -2.28. The smallest absolute Gasteiger partial charge is 0.174 e. The Kier molecular flexibility index (Phi) is 3.07. The highest BCUT2D eigenvalue weighted by Crippen LogP contribution is 2.40. The number of ether oxygens (including phenoxy) is 1. The minimum absolute atomic E-state index is 0.477. The molecular weight excluding hydrogens is 250 g/mol. The molecular formula is C17H17NO2. The number of nitrogens with zero attached hydrogens (tertiary/aromatic N) is 1. The molecule has 0 saturated carbocycles. The van der Waals surface area contributed by atoms with Crippen molar-refractivity contribution in [3.8, 4) is 0 Å². The van der Waals surface area contributed by atoms with Gasteiger partial charge in [0.1, 0.15) is 0 Å². The first-order valence-corrected chi connectivity index (χ1v) is 6.64. The van der Waals surface area contributed by atoms with Crippen LogP contribution in [0.25, 0.3) is 0 Å². The molecule has 3 nitrogen and oxygen atoms in total. The van der Waals surface area contributed by atoms with E-state index in [1.54, 1.807) is 0 Å². The number of aldehydes is 1. The van der Waals surface area contributed by atoms with E-state index in [2.05, 4.69) is 0 Å². The van der Waals surface area contributed by atoms with E-state index >= 15 is 0 Å². The highest BCUT2D eigenvalue weighted by atomic mass is 16.5. The van der Waals surface area contributed by atoms with Crippen LogP contribution in [-0.2, 0) is 21.7 Å². The Hall–Kier alpha value is -2.13. The molecule has 102 valence electrons. The Morgan fingerprint density at radius 1 is 1.10 bits per heavy atom. The molecule has 0 aliphatic carbocycles. The van der Waals surface area contributed by atoms with E-state index in [0.29, 0.717) is 6.61 Å². The van der Waals surface area contributed by atoms with Gasteiger partial charge in [0.15, 0.2) is 11.9 Å². The molecule has 0 saturated heterocycles. The van der Waals surface area contributed by atoms with Crippen LogP contribution in [0.15, 0.2) is 48.5 Å². The first-order valence-electron chi connectivity index (χ1n) is 6.64. The second kappa shape index (κ2) is 4.76. The average molecular weight is 267 g/mol. The maximum Gasteiger partial charge on any atom is 0.174 e. The molecule has 0 N–H and O–H groups in total.